The van der Waals surface area contributed by atoms with E-state index < -0.39 is 103 Å². The number of hydrogen-bond acceptors (Lipinski definition) is 12. The molecule has 0 aromatic rings. The summed E-state index contributed by atoms with van der Waals surface area (Å²) in [6.45, 7) is 0. The standard InChI is InChI=1S/4BF4.3K.3Li.3Mg.12O.4Ti/c4*2-1(3,4)5;;;;;;;;;;;;;;;;;;;;;;;;;/q4*-1;6*+1;3*+2;;;;;8*-1;;;;. The molecule has 224 valence electrons. The molecule has 0 aromatic heterocycles. The molecule has 0 atom stereocenters. The first-order valence-corrected chi connectivity index (χ1v) is 13.6. The van der Waals surface area contributed by atoms with Crippen molar-refractivity contribution in [1.82, 2.24) is 0 Å². The summed E-state index contributed by atoms with van der Waals surface area (Å²) < 4.78 is 259. The number of rotatable bonds is 0. The van der Waals surface area contributed by atoms with Crippen molar-refractivity contribution < 1.29 is 397 Å². The molecule has 0 aliphatic carbocycles. The SMILES string of the molecule is F[B-](F)(F)F.F[B-](F)(F)F.F[B-](F)(F)F.F[B-](F)(F)F.[K+].[K+].[K+].[Li+].[Li+].[Li+].[Mg+2].[Mg+2].[Mg+2].[O]=[Ti]([O-])[O-].[O]=[Ti]([O-])[O-].[O]=[Ti]([O-])[O-].[O]=[Ti]([O-])[O-]. The Kier molecular flexibility index (Phi) is 177. The summed E-state index contributed by atoms with van der Waals surface area (Å²) >= 11 is -16.3. The molecule has 0 N–H and O–H groups in total. The van der Waals surface area contributed by atoms with Gasteiger partial charge in [0, 0.05) is 0 Å². The van der Waals surface area contributed by atoms with Crippen LogP contribution in [-0.2, 0) is 87.8 Å². The second-order valence-corrected chi connectivity index (χ2v) is 6.10. The van der Waals surface area contributed by atoms with Crippen LogP contribution in [0.2, 0.25) is 0 Å². The van der Waals surface area contributed by atoms with E-state index in [1.54, 1.807) is 0 Å². The maximum absolute atomic E-state index is 9.75. The van der Waals surface area contributed by atoms with Gasteiger partial charge in [-0.2, -0.15) is 0 Å². The van der Waals surface area contributed by atoms with Gasteiger partial charge in [0.25, 0.3) is 0 Å². The van der Waals surface area contributed by atoms with Crippen LogP contribution in [0.5, 0.6) is 0 Å². The Balaban J connectivity index is -0.0000000129. The van der Waals surface area contributed by atoms with Crippen LogP contribution < -0.4 is 240 Å². The van der Waals surface area contributed by atoms with Crippen molar-refractivity contribution in [3.05, 3.63) is 0 Å². The first-order chi connectivity index (χ1) is 14.9. The molecule has 12 nitrogen and oxygen atoms in total. The third-order valence-electron chi connectivity index (χ3n) is 0. The normalized spacial score (nSPS) is 7.64. The molecule has 0 bridgehead atoms. The summed E-state index contributed by atoms with van der Waals surface area (Å²) in [4.78, 5) is 0. The van der Waals surface area contributed by atoms with Gasteiger partial charge in [-0.3, -0.25) is 0 Å². The first-order valence-electron chi connectivity index (χ1n) is 5.94. The fourth-order valence-corrected chi connectivity index (χ4v) is 0. The second kappa shape index (κ2) is 71.6. The zero-order chi connectivity index (χ0) is 32.3. The minimum atomic E-state index is -6.00. The van der Waals surface area contributed by atoms with Gasteiger partial charge in [-0.25, -0.2) is 0 Å². The quantitative estimate of drug-likeness (QED) is 0.162. The average molecular weight is 942 g/mol. The van der Waals surface area contributed by atoms with Crippen LogP contribution in [0.25, 0.3) is 0 Å². The Bertz CT molecular complexity index is 456. The van der Waals surface area contributed by atoms with Crippen LogP contribution in [0.15, 0.2) is 0 Å². The van der Waals surface area contributed by atoms with E-state index in [0.717, 1.165) is 0 Å². The molecule has 0 saturated carbocycles. The average Bonchev–Trinajstić information content (AvgIpc) is 2.24. The van der Waals surface area contributed by atoms with Crippen LogP contribution in [0.4, 0.5) is 69.1 Å². The fraction of sp³-hybridized carbons (Fsp3) is 0. The molecule has 0 aliphatic rings. The zero-order valence-corrected chi connectivity index (χ0v) is 43.2. The van der Waals surface area contributed by atoms with Gasteiger partial charge in [-0.1, -0.05) is 0 Å². The molecule has 0 radical (unpaired) electrons. The van der Waals surface area contributed by atoms with Gasteiger partial charge in [0.2, 0.25) is 0 Å². The molecule has 0 spiro atoms. The molecule has 0 aromatic carbocycles. The summed E-state index contributed by atoms with van der Waals surface area (Å²) in [5.74, 6) is 0. The van der Waals surface area contributed by atoms with Crippen molar-refractivity contribution >= 4 is 98.2 Å². The van der Waals surface area contributed by atoms with E-state index in [1.807, 2.05) is 0 Å². The molecule has 0 aliphatic heterocycles. The Hall–Kier alpha value is 9.88. The monoisotopic (exact) mass is 942 g/mol. The van der Waals surface area contributed by atoms with E-state index in [9.17, 15) is 69.1 Å². The predicted molar refractivity (Wildman–Crippen MR) is 60.8 cm³/mol. The first kappa shape index (κ1) is 111. The van der Waals surface area contributed by atoms with Crippen molar-refractivity contribution in [2.75, 3.05) is 0 Å². The van der Waals surface area contributed by atoms with Gasteiger partial charge in [0.15, 0.2) is 0 Å². The number of hydrogen-bond donors (Lipinski definition) is 0. The summed E-state index contributed by atoms with van der Waals surface area (Å²) in [7, 11) is -24.0. The van der Waals surface area contributed by atoms with Crippen molar-refractivity contribution in [3.63, 3.8) is 0 Å². The Morgan fingerprint density at radius 2 is 0.289 bits per heavy atom. The van der Waals surface area contributed by atoms with Crippen molar-refractivity contribution in [1.29, 1.82) is 0 Å². The predicted octanol–water partition coefficient (Wildman–Crippen LogP) is -23.9. The molecule has 0 heterocycles. The van der Waals surface area contributed by atoms with E-state index in [4.69, 9.17) is 42.8 Å². The Labute approximate surface area is 482 Å². The van der Waals surface area contributed by atoms with E-state index in [-0.39, 0.29) is 280 Å². The Morgan fingerprint density at radius 3 is 0.289 bits per heavy atom. The van der Waals surface area contributed by atoms with Crippen LogP contribution in [0.1, 0.15) is 0 Å². The molecular formula is B4F16K3Li3Mg3O12Ti4. The van der Waals surface area contributed by atoms with Gasteiger partial charge in [-0.15, -0.1) is 0 Å². The van der Waals surface area contributed by atoms with Crippen molar-refractivity contribution in [2.24, 2.45) is 0 Å². The van der Waals surface area contributed by atoms with Gasteiger partial charge < -0.3 is 69.1 Å². The van der Waals surface area contributed by atoms with Crippen molar-refractivity contribution in [3.8, 4) is 0 Å². The second-order valence-electron chi connectivity index (χ2n) is 2.98. The maximum atomic E-state index is 9.75. The van der Waals surface area contributed by atoms with Gasteiger partial charge in [0.05, 0.1) is 0 Å². The van der Waals surface area contributed by atoms with Gasteiger partial charge >= 0.3 is 426 Å². The van der Waals surface area contributed by atoms with Crippen LogP contribution in [-0.4, -0.2) is 98.2 Å². The van der Waals surface area contributed by atoms with Crippen LogP contribution >= 0.6 is 0 Å². The molecule has 0 saturated heterocycles. The fourth-order valence-electron chi connectivity index (χ4n) is 0. The summed E-state index contributed by atoms with van der Waals surface area (Å²) in [5.41, 5.74) is 0. The van der Waals surface area contributed by atoms with E-state index in [1.165, 1.54) is 0 Å². The van der Waals surface area contributed by atoms with Crippen LogP contribution in [0, 0.1) is 0 Å². The third-order valence-corrected chi connectivity index (χ3v) is 0. The molecular weight excluding hydrogens is 942 g/mol. The zero-order valence-electron chi connectivity index (χ0n) is 23.4. The van der Waals surface area contributed by atoms with Gasteiger partial charge in [0.1, 0.15) is 0 Å². The summed E-state index contributed by atoms with van der Waals surface area (Å²) in [6.07, 6.45) is 0. The van der Waals surface area contributed by atoms with E-state index in [2.05, 4.69) is 0 Å². The molecule has 0 rings (SSSR count). The molecule has 45 heavy (non-hydrogen) atoms. The molecule has 0 unspecified atom stereocenters. The Morgan fingerprint density at radius 1 is 0.289 bits per heavy atom. The summed E-state index contributed by atoms with van der Waals surface area (Å²) in [6, 6.07) is 0. The third kappa shape index (κ3) is 1490. The minimum absolute atomic E-state index is 0. The van der Waals surface area contributed by atoms with E-state index in [0.29, 0.717) is 0 Å². The van der Waals surface area contributed by atoms with Gasteiger partial charge in [-0.05, 0) is 0 Å². The molecule has 0 amide bonds. The molecule has 0 fully saturated rings. The topological polar surface area (TPSA) is 253 Å². The summed E-state index contributed by atoms with van der Waals surface area (Å²) in [5, 5.41) is 0. The van der Waals surface area contributed by atoms with E-state index >= 15 is 0 Å². The number of halogens is 16. The van der Waals surface area contributed by atoms with Crippen LogP contribution in [0.3, 0.4) is 0 Å². The molecule has 45 heteroatoms. The van der Waals surface area contributed by atoms with Crippen molar-refractivity contribution in [2.45, 2.75) is 0 Å².